The van der Waals surface area contributed by atoms with Crippen LogP contribution in [0.3, 0.4) is 0 Å². The van der Waals surface area contributed by atoms with Crippen LogP contribution >= 0.6 is 45.9 Å². The minimum absolute atomic E-state index is 0.00632. The van der Waals surface area contributed by atoms with Gasteiger partial charge < -0.3 is 4.74 Å². The lowest BCUT2D eigenvalue weighted by Crippen LogP contribution is -2.38. The number of ether oxygens (including phenoxy) is 1. The highest BCUT2D eigenvalue weighted by molar-refractivity contribution is 7.22. The van der Waals surface area contributed by atoms with Gasteiger partial charge in [0.2, 0.25) is 5.91 Å². The van der Waals surface area contributed by atoms with Crippen LogP contribution in [0.1, 0.15) is 23.3 Å². The average Bonchev–Trinajstić information content (AvgIpc) is 3.37. The monoisotopic (exact) mass is 440 g/mol. The van der Waals surface area contributed by atoms with Crippen LogP contribution in [0.25, 0.3) is 10.2 Å². The van der Waals surface area contributed by atoms with E-state index in [1.807, 2.05) is 31.2 Å². The molecule has 3 aromatic rings. The van der Waals surface area contributed by atoms with Crippen molar-refractivity contribution in [3.63, 3.8) is 0 Å². The number of halogens is 2. The Kier molecular flexibility index (Phi) is 5.71. The summed E-state index contributed by atoms with van der Waals surface area (Å²) in [5.41, 5.74) is 1.79. The van der Waals surface area contributed by atoms with Gasteiger partial charge in [-0.3, -0.25) is 9.69 Å². The molecule has 1 unspecified atom stereocenters. The first-order valence-electron chi connectivity index (χ1n) is 8.73. The van der Waals surface area contributed by atoms with E-state index in [0.717, 1.165) is 40.1 Å². The van der Waals surface area contributed by atoms with Crippen LogP contribution in [-0.2, 0) is 16.0 Å². The van der Waals surface area contributed by atoms with Crippen molar-refractivity contribution >= 4 is 67.1 Å². The van der Waals surface area contributed by atoms with Crippen molar-refractivity contribution in [2.45, 2.75) is 32.3 Å². The molecule has 0 N–H and O–H groups in total. The van der Waals surface area contributed by atoms with Crippen LogP contribution in [0.15, 0.2) is 24.3 Å². The number of anilines is 1. The predicted octanol–water partition coefficient (Wildman–Crippen LogP) is 5.73. The quantitative estimate of drug-likeness (QED) is 0.508. The number of rotatable bonds is 5. The van der Waals surface area contributed by atoms with Gasteiger partial charge in [-0.15, -0.1) is 11.3 Å². The van der Waals surface area contributed by atoms with Gasteiger partial charge in [-0.1, -0.05) is 34.5 Å². The standard InChI is InChI=1S/C19H18Cl2N2O2S2/c1-11-14(20)5-6-15-18(11)22-19(27-15)23(10-12-3-2-8-25-12)17(24)9-13-4-7-16(21)26-13/h4-7,12H,2-3,8-10H2,1H3. The maximum atomic E-state index is 13.1. The minimum Gasteiger partial charge on any atom is -0.376 e. The van der Waals surface area contributed by atoms with Crippen LogP contribution in [0.5, 0.6) is 0 Å². The van der Waals surface area contributed by atoms with Crippen LogP contribution < -0.4 is 4.90 Å². The molecule has 4 nitrogen and oxygen atoms in total. The summed E-state index contributed by atoms with van der Waals surface area (Å²) < 4.78 is 7.48. The molecule has 3 heterocycles. The topological polar surface area (TPSA) is 42.4 Å². The largest absolute Gasteiger partial charge is 0.376 e. The number of thiophene rings is 1. The highest BCUT2D eigenvalue weighted by Gasteiger charge is 2.27. The van der Waals surface area contributed by atoms with E-state index in [1.54, 1.807) is 4.90 Å². The van der Waals surface area contributed by atoms with E-state index in [4.69, 9.17) is 32.9 Å². The Bertz CT molecular complexity index is 979. The summed E-state index contributed by atoms with van der Waals surface area (Å²) in [7, 11) is 0. The molecule has 4 rings (SSSR count). The van der Waals surface area contributed by atoms with E-state index in [9.17, 15) is 4.79 Å². The van der Waals surface area contributed by atoms with E-state index < -0.39 is 0 Å². The number of aromatic nitrogens is 1. The van der Waals surface area contributed by atoms with Crippen molar-refractivity contribution in [3.05, 3.63) is 44.1 Å². The van der Waals surface area contributed by atoms with Gasteiger partial charge in [0.25, 0.3) is 0 Å². The number of hydrogen-bond donors (Lipinski definition) is 0. The fraction of sp³-hybridized carbons (Fsp3) is 0.368. The summed E-state index contributed by atoms with van der Waals surface area (Å²) in [5, 5.41) is 1.38. The highest BCUT2D eigenvalue weighted by Crippen LogP contribution is 2.34. The summed E-state index contributed by atoms with van der Waals surface area (Å²) in [6.07, 6.45) is 2.35. The van der Waals surface area contributed by atoms with Crippen LogP contribution in [-0.4, -0.2) is 30.1 Å². The summed E-state index contributed by atoms with van der Waals surface area (Å²) in [5.74, 6) is 0.00632. The minimum atomic E-state index is 0.00632. The fourth-order valence-corrected chi connectivity index (χ4v) is 5.46. The van der Waals surface area contributed by atoms with Gasteiger partial charge in [-0.05, 0) is 49.6 Å². The van der Waals surface area contributed by atoms with Crippen LogP contribution in [0, 0.1) is 6.92 Å². The summed E-state index contributed by atoms with van der Waals surface area (Å²) in [4.78, 5) is 20.6. The second kappa shape index (κ2) is 8.05. The molecule has 1 amide bonds. The van der Waals surface area contributed by atoms with Crippen molar-refractivity contribution in [2.24, 2.45) is 0 Å². The Hall–Kier alpha value is -1.18. The van der Waals surface area contributed by atoms with Crippen LogP contribution in [0.2, 0.25) is 9.36 Å². The van der Waals surface area contributed by atoms with Crippen molar-refractivity contribution in [1.82, 2.24) is 4.98 Å². The van der Waals surface area contributed by atoms with E-state index in [1.165, 1.54) is 22.7 Å². The third-order valence-electron chi connectivity index (χ3n) is 4.63. The second-order valence-corrected chi connectivity index (χ2v) is 9.75. The van der Waals surface area contributed by atoms with Crippen molar-refractivity contribution < 1.29 is 9.53 Å². The normalized spacial score (nSPS) is 16.9. The van der Waals surface area contributed by atoms with E-state index in [-0.39, 0.29) is 12.0 Å². The molecule has 1 saturated heterocycles. The molecule has 0 spiro atoms. The Morgan fingerprint density at radius 3 is 2.85 bits per heavy atom. The molecule has 1 fully saturated rings. The second-order valence-electron chi connectivity index (χ2n) is 6.54. The molecule has 1 atom stereocenters. The molecule has 0 bridgehead atoms. The molecule has 0 radical (unpaired) electrons. The molecule has 8 heteroatoms. The Balaban J connectivity index is 1.66. The van der Waals surface area contributed by atoms with Gasteiger partial charge in [0.1, 0.15) is 0 Å². The number of hydrogen-bond acceptors (Lipinski definition) is 5. The van der Waals surface area contributed by atoms with Gasteiger partial charge in [-0.2, -0.15) is 0 Å². The number of benzene rings is 1. The number of nitrogens with zero attached hydrogens (tertiary/aromatic N) is 2. The molecule has 142 valence electrons. The van der Waals surface area contributed by atoms with Crippen molar-refractivity contribution in [3.8, 4) is 0 Å². The molecular formula is C19H18Cl2N2O2S2. The van der Waals surface area contributed by atoms with Crippen molar-refractivity contribution in [2.75, 3.05) is 18.1 Å². The molecule has 27 heavy (non-hydrogen) atoms. The Labute approximate surface area is 175 Å². The molecular weight excluding hydrogens is 423 g/mol. The van der Waals surface area contributed by atoms with Gasteiger partial charge in [-0.25, -0.2) is 4.98 Å². The summed E-state index contributed by atoms with van der Waals surface area (Å²) >= 11 is 15.2. The number of thiazole rings is 1. The number of carbonyl (C=O) groups excluding carboxylic acids is 1. The first-order valence-corrected chi connectivity index (χ1v) is 11.1. The fourth-order valence-electron chi connectivity index (χ4n) is 3.17. The average molecular weight is 441 g/mol. The van der Waals surface area contributed by atoms with E-state index in [2.05, 4.69) is 0 Å². The Morgan fingerprint density at radius 1 is 1.30 bits per heavy atom. The number of amides is 1. The molecule has 0 aliphatic carbocycles. The number of carbonyl (C=O) groups is 1. The van der Waals surface area contributed by atoms with Crippen molar-refractivity contribution in [1.29, 1.82) is 0 Å². The first kappa shape index (κ1) is 19.2. The van der Waals surface area contributed by atoms with Gasteiger partial charge in [0.05, 0.1) is 33.6 Å². The lowest BCUT2D eigenvalue weighted by atomic mass is 10.2. The predicted molar refractivity (Wildman–Crippen MR) is 114 cm³/mol. The highest BCUT2D eigenvalue weighted by atomic mass is 35.5. The zero-order valence-corrected chi connectivity index (χ0v) is 17.9. The number of aryl methyl sites for hydroxylation is 1. The maximum absolute atomic E-state index is 13.1. The zero-order valence-electron chi connectivity index (χ0n) is 14.7. The van der Waals surface area contributed by atoms with Crippen LogP contribution in [0.4, 0.5) is 5.13 Å². The SMILES string of the molecule is Cc1c(Cl)ccc2sc(N(CC3CCCO3)C(=O)Cc3ccc(Cl)s3)nc12. The third kappa shape index (κ3) is 4.15. The lowest BCUT2D eigenvalue weighted by Gasteiger charge is -2.22. The zero-order chi connectivity index (χ0) is 19.0. The van der Waals surface area contributed by atoms with E-state index >= 15 is 0 Å². The third-order valence-corrected chi connectivity index (χ3v) is 7.32. The lowest BCUT2D eigenvalue weighted by molar-refractivity contribution is -0.118. The molecule has 1 aliphatic rings. The molecule has 1 aliphatic heterocycles. The smallest absolute Gasteiger partial charge is 0.234 e. The number of fused-ring (bicyclic) bond motifs is 1. The first-order chi connectivity index (χ1) is 13.0. The van der Waals surface area contributed by atoms with Gasteiger partial charge in [0.15, 0.2) is 5.13 Å². The van der Waals surface area contributed by atoms with E-state index in [0.29, 0.717) is 27.5 Å². The van der Waals surface area contributed by atoms with Gasteiger partial charge >= 0.3 is 0 Å². The van der Waals surface area contributed by atoms with Gasteiger partial charge in [0, 0.05) is 16.5 Å². The Morgan fingerprint density at radius 2 is 2.15 bits per heavy atom. The maximum Gasteiger partial charge on any atom is 0.234 e. The summed E-state index contributed by atoms with van der Waals surface area (Å²) in [6, 6.07) is 7.56. The molecule has 1 aromatic carbocycles. The molecule has 0 saturated carbocycles. The molecule has 2 aromatic heterocycles. The summed E-state index contributed by atoms with van der Waals surface area (Å²) in [6.45, 7) is 3.22.